The van der Waals surface area contributed by atoms with Crippen LogP contribution < -0.4 is 5.32 Å². The molecule has 0 aromatic heterocycles. The Labute approximate surface area is 92.0 Å². The molecule has 0 spiro atoms. The number of carbonyl (C=O) groups excluding carboxylic acids is 1. The molecule has 1 fully saturated rings. The van der Waals surface area contributed by atoms with Crippen LogP contribution in [0, 0.1) is 5.92 Å². The molecular weight excluding hydrogens is 192 g/mol. The second kappa shape index (κ2) is 5.95. The maximum atomic E-state index is 11.6. The van der Waals surface area contributed by atoms with Crippen LogP contribution in [0.5, 0.6) is 0 Å². The molecule has 1 rings (SSSR count). The summed E-state index contributed by atoms with van der Waals surface area (Å²) in [6.07, 6.45) is 1.89. The second-order valence-corrected chi connectivity index (χ2v) is 4.52. The predicted octanol–water partition coefficient (Wildman–Crippen LogP) is 1.46. The Morgan fingerprint density at radius 3 is 2.53 bits per heavy atom. The molecule has 0 saturated carbocycles. The number of hydrogen-bond acceptors (Lipinski definition) is 3. The molecule has 1 aliphatic rings. The van der Waals surface area contributed by atoms with E-state index in [4.69, 9.17) is 4.74 Å². The predicted molar refractivity (Wildman–Crippen MR) is 59.8 cm³/mol. The lowest BCUT2D eigenvalue weighted by Gasteiger charge is -2.31. The van der Waals surface area contributed by atoms with Crippen molar-refractivity contribution >= 4 is 6.09 Å². The summed E-state index contributed by atoms with van der Waals surface area (Å²) >= 11 is 0. The summed E-state index contributed by atoms with van der Waals surface area (Å²) in [6.45, 7) is 6.22. The van der Waals surface area contributed by atoms with Crippen LogP contribution >= 0.6 is 0 Å². The SMILES string of the molecule is CNC1CCN(C(=O)OCC(C)C)CC1. The van der Waals surface area contributed by atoms with Gasteiger partial charge in [-0.3, -0.25) is 0 Å². The summed E-state index contributed by atoms with van der Waals surface area (Å²) in [6, 6.07) is 0.555. The Kier molecular flexibility index (Phi) is 4.88. The van der Waals surface area contributed by atoms with Gasteiger partial charge in [-0.1, -0.05) is 13.8 Å². The summed E-state index contributed by atoms with van der Waals surface area (Å²) in [5.74, 6) is 0.406. The average Bonchev–Trinajstić information content (AvgIpc) is 2.26. The van der Waals surface area contributed by atoms with Crippen molar-refractivity contribution in [3.8, 4) is 0 Å². The molecule has 0 radical (unpaired) electrons. The molecule has 4 heteroatoms. The molecule has 1 saturated heterocycles. The minimum Gasteiger partial charge on any atom is -0.449 e. The van der Waals surface area contributed by atoms with E-state index in [-0.39, 0.29) is 6.09 Å². The highest BCUT2D eigenvalue weighted by Gasteiger charge is 2.22. The van der Waals surface area contributed by atoms with Crippen molar-refractivity contribution in [2.75, 3.05) is 26.7 Å². The largest absolute Gasteiger partial charge is 0.449 e. The van der Waals surface area contributed by atoms with E-state index in [9.17, 15) is 4.79 Å². The van der Waals surface area contributed by atoms with Gasteiger partial charge in [0.05, 0.1) is 6.61 Å². The Hall–Kier alpha value is -0.770. The third kappa shape index (κ3) is 4.08. The Balaban J connectivity index is 2.24. The molecule has 1 N–H and O–H groups in total. The first-order chi connectivity index (χ1) is 7.13. The van der Waals surface area contributed by atoms with Crippen LogP contribution in [-0.2, 0) is 4.74 Å². The summed E-state index contributed by atoms with van der Waals surface area (Å²) in [7, 11) is 1.97. The number of rotatable bonds is 3. The Bertz CT molecular complexity index is 199. The zero-order chi connectivity index (χ0) is 11.3. The van der Waals surface area contributed by atoms with Crippen LogP contribution in [0.25, 0.3) is 0 Å². The number of piperidine rings is 1. The van der Waals surface area contributed by atoms with E-state index in [2.05, 4.69) is 5.32 Å². The zero-order valence-corrected chi connectivity index (χ0v) is 9.95. The van der Waals surface area contributed by atoms with E-state index in [1.165, 1.54) is 0 Å². The lowest BCUT2D eigenvalue weighted by molar-refractivity contribution is 0.0823. The minimum atomic E-state index is -0.154. The molecule has 1 amide bonds. The van der Waals surface area contributed by atoms with E-state index in [0.29, 0.717) is 18.6 Å². The topological polar surface area (TPSA) is 41.6 Å². The molecule has 1 heterocycles. The first-order valence-corrected chi connectivity index (χ1v) is 5.72. The number of likely N-dealkylation sites (tertiary alicyclic amines) is 1. The van der Waals surface area contributed by atoms with Crippen molar-refractivity contribution in [3.05, 3.63) is 0 Å². The van der Waals surface area contributed by atoms with Gasteiger partial charge in [0, 0.05) is 19.1 Å². The quantitative estimate of drug-likeness (QED) is 0.773. The smallest absolute Gasteiger partial charge is 0.409 e. The molecule has 88 valence electrons. The van der Waals surface area contributed by atoms with Crippen LogP contribution in [-0.4, -0.2) is 43.8 Å². The molecular formula is C11H22N2O2. The van der Waals surface area contributed by atoms with E-state index < -0.39 is 0 Å². The first-order valence-electron chi connectivity index (χ1n) is 5.72. The van der Waals surface area contributed by atoms with Crippen molar-refractivity contribution in [3.63, 3.8) is 0 Å². The van der Waals surface area contributed by atoms with Crippen LogP contribution in [0.2, 0.25) is 0 Å². The van der Waals surface area contributed by atoms with Gasteiger partial charge >= 0.3 is 6.09 Å². The maximum Gasteiger partial charge on any atom is 0.409 e. The van der Waals surface area contributed by atoms with Crippen LogP contribution in [0.15, 0.2) is 0 Å². The van der Waals surface area contributed by atoms with Gasteiger partial charge in [0.25, 0.3) is 0 Å². The first kappa shape index (κ1) is 12.3. The van der Waals surface area contributed by atoms with Gasteiger partial charge in [-0.25, -0.2) is 4.79 Å². The van der Waals surface area contributed by atoms with Crippen molar-refractivity contribution in [1.82, 2.24) is 10.2 Å². The van der Waals surface area contributed by atoms with E-state index in [1.54, 1.807) is 4.90 Å². The maximum absolute atomic E-state index is 11.6. The van der Waals surface area contributed by atoms with Crippen molar-refractivity contribution in [1.29, 1.82) is 0 Å². The van der Waals surface area contributed by atoms with Gasteiger partial charge in [0.1, 0.15) is 0 Å². The van der Waals surface area contributed by atoms with Gasteiger partial charge in [0.2, 0.25) is 0 Å². The average molecular weight is 214 g/mol. The summed E-state index contributed by atoms with van der Waals surface area (Å²) < 4.78 is 5.18. The minimum absolute atomic E-state index is 0.154. The monoisotopic (exact) mass is 214 g/mol. The molecule has 0 aliphatic carbocycles. The molecule has 0 bridgehead atoms. The van der Waals surface area contributed by atoms with Crippen molar-refractivity contribution in [2.24, 2.45) is 5.92 Å². The number of carbonyl (C=O) groups is 1. The number of ether oxygens (including phenoxy) is 1. The molecule has 4 nitrogen and oxygen atoms in total. The van der Waals surface area contributed by atoms with Gasteiger partial charge in [-0.2, -0.15) is 0 Å². The normalized spacial score (nSPS) is 18.3. The molecule has 0 unspecified atom stereocenters. The van der Waals surface area contributed by atoms with Gasteiger partial charge in [0.15, 0.2) is 0 Å². The van der Waals surface area contributed by atoms with Crippen LogP contribution in [0.4, 0.5) is 4.79 Å². The summed E-state index contributed by atoms with van der Waals surface area (Å²) in [5.41, 5.74) is 0. The van der Waals surface area contributed by atoms with Crippen molar-refractivity contribution in [2.45, 2.75) is 32.7 Å². The van der Waals surface area contributed by atoms with Gasteiger partial charge in [-0.05, 0) is 25.8 Å². The summed E-state index contributed by atoms with van der Waals surface area (Å²) in [4.78, 5) is 13.4. The third-order valence-corrected chi connectivity index (χ3v) is 2.70. The third-order valence-electron chi connectivity index (χ3n) is 2.70. The number of amides is 1. The van der Waals surface area contributed by atoms with E-state index >= 15 is 0 Å². The lowest BCUT2D eigenvalue weighted by Crippen LogP contribution is -2.44. The fraction of sp³-hybridized carbons (Fsp3) is 0.909. The second-order valence-electron chi connectivity index (χ2n) is 4.52. The van der Waals surface area contributed by atoms with Crippen LogP contribution in [0.3, 0.4) is 0 Å². The number of hydrogen-bond donors (Lipinski definition) is 1. The highest BCUT2D eigenvalue weighted by Crippen LogP contribution is 2.11. The molecule has 0 aromatic carbocycles. The fourth-order valence-corrected chi connectivity index (χ4v) is 1.68. The highest BCUT2D eigenvalue weighted by molar-refractivity contribution is 5.67. The zero-order valence-electron chi connectivity index (χ0n) is 9.95. The van der Waals surface area contributed by atoms with Crippen LogP contribution in [0.1, 0.15) is 26.7 Å². The van der Waals surface area contributed by atoms with Crippen molar-refractivity contribution < 1.29 is 9.53 Å². The Morgan fingerprint density at radius 1 is 1.47 bits per heavy atom. The molecule has 15 heavy (non-hydrogen) atoms. The Morgan fingerprint density at radius 2 is 2.07 bits per heavy atom. The molecule has 1 aliphatic heterocycles. The summed E-state index contributed by atoms with van der Waals surface area (Å²) in [5, 5.41) is 3.23. The number of nitrogens with one attached hydrogen (secondary N) is 1. The van der Waals surface area contributed by atoms with E-state index in [1.807, 2.05) is 20.9 Å². The van der Waals surface area contributed by atoms with Gasteiger partial charge in [-0.15, -0.1) is 0 Å². The van der Waals surface area contributed by atoms with E-state index in [0.717, 1.165) is 25.9 Å². The van der Waals surface area contributed by atoms with Gasteiger partial charge < -0.3 is 15.0 Å². The standard InChI is InChI=1S/C11H22N2O2/c1-9(2)8-15-11(14)13-6-4-10(12-3)5-7-13/h9-10,12H,4-8H2,1-3H3. The fourth-order valence-electron chi connectivity index (χ4n) is 1.68. The molecule has 0 aromatic rings. The lowest BCUT2D eigenvalue weighted by atomic mass is 10.1. The number of nitrogens with zero attached hydrogens (tertiary/aromatic N) is 1. The molecule has 0 atom stereocenters. The highest BCUT2D eigenvalue weighted by atomic mass is 16.6.